The van der Waals surface area contributed by atoms with Gasteiger partial charge in [0.1, 0.15) is 29.3 Å². The molecule has 33 heavy (non-hydrogen) atoms. The fraction of sp³-hybridized carbons (Fsp3) is 0.350. The molecule has 1 saturated carbocycles. The second-order valence-corrected chi connectivity index (χ2v) is 8.05. The smallest absolute Gasteiger partial charge is 0.319 e. The van der Waals surface area contributed by atoms with Gasteiger partial charge in [-0.25, -0.2) is 36.2 Å². The normalized spacial score (nSPS) is 23.7. The molecule has 3 heterocycles. The highest BCUT2D eigenvalue weighted by Gasteiger charge is 2.47. The first-order valence-electron chi connectivity index (χ1n) is 9.97. The third-order valence-electron chi connectivity index (χ3n) is 5.58. The number of hydrogen-bond acceptors (Lipinski definition) is 4. The third-order valence-corrected chi connectivity index (χ3v) is 5.58. The fourth-order valence-corrected chi connectivity index (χ4v) is 3.90. The second-order valence-electron chi connectivity index (χ2n) is 8.05. The molecular weight excluding hydrogens is 454 g/mol. The van der Waals surface area contributed by atoms with Crippen LogP contribution in [0, 0.1) is 17.6 Å². The van der Waals surface area contributed by atoms with Crippen molar-refractivity contribution < 1.29 is 31.1 Å². The molecule has 5 rings (SSSR count). The van der Waals surface area contributed by atoms with Gasteiger partial charge in [-0.3, -0.25) is 0 Å². The van der Waals surface area contributed by atoms with Gasteiger partial charge in [0.05, 0.1) is 18.6 Å². The molecule has 0 spiro atoms. The Morgan fingerprint density at radius 3 is 2.67 bits per heavy atom. The molecule has 0 bridgehead atoms. The van der Waals surface area contributed by atoms with Crippen LogP contribution < -0.4 is 15.5 Å². The summed E-state index contributed by atoms with van der Waals surface area (Å²) in [4.78, 5) is 17.3. The van der Waals surface area contributed by atoms with Crippen LogP contribution in [0.4, 0.5) is 42.6 Å². The zero-order valence-corrected chi connectivity index (χ0v) is 16.7. The van der Waals surface area contributed by atoms with Crippen LogP contribution in [0.5, 0.6) is 0 Å². The summed E-state index contributed by atoms with van der Waals surface area (Å²) in [5.74, 6) is -6.04. The topological polar surface area (TPSA) is 74.6 Å². The van der Waals surface area contributed by atoms with Crippen molar-refractivity contribution in [2.24, 2.45) is 0 Å². The van der Waals surface area contributed by atoms with Crippen LogP contribution in [0.15, 0.2) is 30.5 Å². The van der Waals surface area contributed by atoms with E-state index in [-0.39, 0.29) is 23.4 Å². The third kappa shape index (κ3) is 4.02. The molecule has 1 saturated heterocycles. The van der Waals surface area contributed by atoms with Crippen molar-refractivity contribution in [3.8, 4) is 0 Å². The number of alkyl halides is 3. The Balaban J connectivity index is 1.50. The van der Waals surface area contributed by atoms with Gasteiger partial charge in [-0.1, -0.05) is 0 Å². The summed E-state index contributed by atoms with van der Waals surface area (Å²) in [6, 6.07) is 1.05. The Bertz CT molecular complexity index is 1250. The van der Waals surface area contributed by atoms with E-state index in [0.717, 1.165) is 27.6 Å². The van der Waals surface area contributed by atoms with Crippen molar-refractivity contribution in [3.05, 3.63) is 53.6 Å². The minimum Gasteiger partial charge on any atom is -0.343 e. The first-order chi connectivity index (χ1) is 15.6. The summed E-state index contributed by atoms with van der Waals surface area (Å²) in [7, 11) is 0. The first-order valence-corrected chi connectivity index (χ1v) is 9.97. The molecule has 1 aliphatic carbocycles. The highest BCUT2D eigenvalue weighted by molar-refractivity contribution is 5.93. The van der Waals surface area contributed by atoms with Crippen molar-refractivity contribution in [1.29, 1.82) is 0 Å². The SMILES string of the molecule is O=C(Nc1c(F)nn2ccc(N3CC(F)(F)C[C@@H]3c3cc(F)ccc3F)nc12)N[C@H]1C[C@H]1F. The first kappa shape index (κ1) is 21.3. The number of urea groups is 1. The molecule has 2 fully saturated rings. The summed E-state index contributed by atoms with van der Waals surface area (Å²) >= 11 is 0. The lowest BCUT2D eigenvalue weighted by atomic mass is 10.0. The van der Waals surface area contributed by atoms with Crippen LogP contribution in [0.25, 0.3) is 5.65 Å². The Morgan fingerprint density at radius 1 is 1.18 bits per heavy atom. The molecule has 2 aliphatic rings. The average Bonchev–Trinajstić information content (AvgIpc) is 3.20. The van der Waals surface area contributed by atoms with E-state index >= 15 is 0 Å². The van der Waals surface area contributed by atoms with E-state index in [0.29, 0.717) is 0 Å². The van der Waals surface area contributed by atoms with Gasteiger partial charge in [-0.2, -0.15) is 4.39 Å². The van der Waals surface area contributed by atoms with E-state index in [4.69, 9.17) is 0 Å². The van der Waals surface area contributed by atoms with Crippen molar-refractivity contribution in [3.63, 3.8) is 0 Å². The average molecular weight is 470 g/mol. The van der Waals surface area contributed by atoms with Gasteiger partial charge in [-0.15, -0.1) is 5.10 Å². The number of nitrogens with zero attached hydrogens (tertiary/aromatic N) is 4. The summed E-state index contributed by atoms with van der Waals surface area (Å²) < 4.78 is 85.0. The Kier molecular flexibility index (Phi) is 4.87. The van der Waals surface area contributed by atoms with Crippen LogP contribution in [-0.4, -0.2) is 45.3 Å². The molecule has 0 radical (unpaired) electrons. The lowest BCUT2D eigenvalue weighted by Crippen LogP contribution is -2.32. The van der Waals surface area contributed by atoms with E-state index in [1.807, 2.05) is 0 Å². The summed E-state index contributed by atoms with van der Waals surface area (Å²) in [5, 5.41) is 8.09. The number of hydrogen-bond donors (Lipinski definition) is 2. The zero-order chi connectivity index (χ0) is 23.5. The number of fused-ring (bicyclic) bond motifs is 1. The highest BCUT2D eigenvalue weighted by atomic mass is 19.3. The van der Waals surface area contributed by atoms with Crippen LogP contribution in [-0.2, 0) is 0 Å². The Labute approximate surface area is 182 Å². The van der Waals surface area contributed by atoms with Gasteiger partial charge < -0.3 is 15.5 Å². The quantitative estimate of drug-likeness (QED) is 0.566. The maximum absolute atomic E-state index is 14.4. The van der Waals surface area contributed by atoms with Crippen molar-refractivity contribution in [2.45, 2.75) is 37.0 Å². The molecule has 1 aromatic carbocycles. The number of aromatic nitrogens is 3. The van der Waals surface area contributed by atoms with E-state index in [1.54, 1.807) is 0 Å². The van der Waals surface area contributed by atoms with Gasteiger partial charge in [0, 0.05) is 24.6 Å². The summed E-state index contributed by atoms with van der Waals surface area (Å²) in [6.45, 7) is -0.837. The molecule has 2 N–H and O–H groups in total. The van der Waals surface area contributed by atoms with Crippen LogP contribution >= 0.6 is 0 Å². The molecule has 3 atom stereocenters. The summed E-state index contributed by atoms with van der Waals surface area (Å²) in [6.07, 6.45) is -0.578. The standard InChI is InChI=1S/C20H16F6N6O/c21-9-1-2-11(22)10(5-9)14-7-20(25,26)8-31(14)15-3-4-32-18(28-15)16(17(24)30-32)29-19(33)27-13-6-12(13)23/h1-5,12-14H,6-8H2,(H2,27,29,33)/t12-,13+,14-/m1/s1. The number of anilines is 2. The largest absolute Gasteiger partial charge is 0.343 e. The summed E-state index contributed by atoms with van der Waals surface area (Å²) in [5.41, 5.74) is -0.914. The van der Waals surface area contributed by atoms with Gasteiger partial charge in [-0.05, 0) is 24.3 Å². The van der Waals surface area contributed by atoms with Gasteiger partial charge >= 0.3 is 6.03 Å². The van der Waals surface area contributed by atoms with E-state index in [1.165, 1.54) is 12.3 Å². The molecule has 3 aromatic rings. The fourth-order valence-electron chi connectivity index (χ4n) is 3.90. The monoisotopic (exact) mass is 470 g/mol. The van der Waals surface area contributed by atoms with Gasteiger partial charge in [0.25, 0.3) is 11.9 Å². The minimum absolute atomic E-state index is 0.0808. The van der Waals surface area contributed by atoms with Crippen molar-refractivity contribution in [2.75, 3.05) is 16.8 Å². The number of nitrogens with one attached hydrogen (secondary N) is 2. The molecule has 2 aromatic heterocycles. The van der Waals surface area contributed by atoms with Crippen molar-refractivity contribution in [1.82, 2.24) is 19.9 Å². The van der Waals surface area contributed by atoms with Crippen LogP contribution in [0.2, 0.25) is 0 Å². The molecule has 0 unspecified atom stereocenters. The predicted molar refractivity (Wildman–Crippen MR) is 104 cm³/mol. The lowest BCUT2D eigenvalue weighted by molar-refractivity contribution is 0.0221. The number of carbonyl (C=O) groups excluding carboxylic acids is 1. The van der Waals surface area contributed by atoms with Crippen LogP contribution in [0.3, 0.4) is 0 Å². The molecule has 174 valence electrons. The maximum atomic E-state index is 14.4. The molecule has 13 heteroatoms. The van der Waals surface area contributed by atoms with E-state index in [2.05, 4.69) is 20.7 Å². The second kappa shape index (κ2) is 7.52. The number of benzene rings is 1. The van der Waals surface area contributed by atoms with Gasteiger partial charge in [0.2, 0.25) is 0 Å². The maximum Gasteiger partial charge on any atom is 0.319 e. The Morgan fingerprint density at radius 2 is 1.94 bits per heavy atom. The van der Waals surface area contributed by atoms with Crippen molar-refractivity contribution >= 4 is 23.2 Å². The number of rotatable bonds is 4. The highest BCUT2D eigenvalue weighted by Crippen LogP contribution is 2.44. The number of halogens is 6. The molecule has 2 amide bonds. The Hall–Kier alpha value is -3.51. The van der Waals surface area contributed by atoms with E-state index < -0.39 is 66.4 Å². The molecular formula is C20H16F6N6O. The molecule has 1 aliphatic heterocycles. The number of amides is 2. The molecule has 7 nitrogen and oxygen atoms in total. The zero-order valence-electron chi connectivity index (χ0n) is 16.7. The van der Waals surface area contributed by atoms with Crippen LogP contribution in [0.1, 0.15) is 24.4 Å². The lowest BCUT2D eigenvalue weighted by Gasteiger charge is -2.25. The van der Waals surface area contributed by atoms with E-state index in [9.17, 15) is 31.1 Å². The van der Waals surface area contributed by atoms with Gasteiger partial charge in [0.15, 0.2) is 5.65 Å². The predicted octanol–water partition coefficient (Wildman–Crippen LogP) is 3.97. The number of carbonyl (C=O) groups is 1. The minimum atomic E-state index is -3.23.